The van der Waals surface area contributed by atoms with Gasteiger partial charge in [0.25, 0.3) is 5.91 Å². The smallest absolute Gasteiger partial charge is 0.274 e. The average Bonchev–Trinajstić information content (AvgIpc) is 3.07. The number of H-pyrrole nitrogens is 1. The molecule has 2 aromatic rings. The number of carbonyl (C=O) groups is 1. The fraction of sp³-hybridized carbons (Fsp3) is 0.533. The number of likely N-dealkylation sites (tertiary alicyclic amines) is 1. The Kier molecular flexibility index (Phi) is 3.31. The van der Waals surface area contributed by atoms with Crippen LogP contribution in [0.15, 0.2) is 18.5 Å². The first-order valence-corrected chi connectivity index (χ1v) is 7.29. The minimum absolute atomic E-state index is 0.0127. The zero-order valence-electron chi connectivity index (χ0n) is 12.8. The van der Waals surface area contributed by atoms with Crippen LogP contribution >= 0.6 is 0 Å². The lowest BCUT2D eigenvalue weighted by Crippen LogP contribution is -2.47. The summed E-state index contributed by atoms with van der Waals surface area (Å²) in [6.07, 6.45) is 5.70. The molecule has 21 heavy (non-hydrogen) atoms. The highest BCUT2D eigenvalue weighted by Crippen LogP contribution is 2.34. The molecule has 3 rings (SSSR count). The van der Waals surface area contributed by atoms with Crippen molar-refractivity contribution in [3.8, 4) is 0 Å². The van der Waals surface area contributed by atoms with Gasteiger partial charge in [0.05, 0.1) is 6.20 Å². The molecule has 6 heteroatoms. The van der Waals surface area contributed by atoms with Gasteiger partial charge in [0.1, 0.15) is 5.69 Å². The van der Waals surface area contributed by atoms with Gasteiger partial charge >= 0.3 is 0 Å². The molecular weight excluding hydrogens is 266 g/mol. The number of nitrogens with zero attached hydrogens (tertiary/aromatic N) is 4. The third kappa shape index (κ3) is 2.46. The first kappa shape index (κ1) is 13.9. The summed E-state index contributed by atoms with van der Waals surface area (Å²) >= 11 is 0. The zero-order valence-corrected chi connectivity index (χ0v) is 12.8. The van der Waals surface area contributed by atoms with Gasteiger partial charge in [-0.3, -0.25) is 14.6 Å². The molecule has 1 fully saturated rings. The molecule has 1 aliphatic heterocycles. The van der Waals surface area contributed by atoms with E-state index in [4.69, 9.17) is 0 Å². The van der Waals surface area contributed by atoms with Crippen molar-refractivity contribution in [2.24, 2.45) is 7.05 Å². The fourth-order valence-electron chi connectivity index (χ4n) is 3.27. The maximum atomic E-state index is 12.6. The predicted molar refractivity (Wildman–Crippen MR) is 79.0 cm³/mol. The molecule has 0 aliphatic carbocycles. The first-order chi connectivity index (χ1) is 9.99. The molecule has 0 bridgehead atoms. The number of hydrogen-bond donors (Lipinski definition) is 1. The Morgan fingerprint density at radius 3 is 2.90 bits per heavy atom. The Hall–Kier alpha value is -2.11. The average molecular weight is 287 g/mol. The number of aryl methyl sites for hydroxylation is 2. The third-order valence-corrected chi connectivity index (χ3v) is 4.35. The van der Waals surface area contributed by atoms with E-state index in [0.717, 1.165) is 30.6 Å². The normalized spacial score (nSPS) is 22.5. The van der Waals surface area contributed by atoms with Crippen molar-refractivity contribution in [3.63, 3.8) is 0 Å². The molecule has 1 aliphatic rings. The van der Waals surface area contributed by atoms with Crippen LogP contribution in [-0.2, 0) is 12.5 Å². The van der Waals surface area contributed by atoms with Gasteiger partial charge in [-0.25, -0.2) is 0 Å². The predicted octanol–water partition coefficient (Wildman–Crippen LogP) is 1.65. The summed E-state index contributed by atoms with van der Waals surface area (Å²) in [7, 11) is 1.82. The Morgan fingerprint density at radius 1 is 1.48 bits per heavy atom. The maximum absolute atomic E-state index is 12.6. The molecule has 0 unspecified atom stereocenters. The second-order valence-electron chi connectivity index (χ2n) is 6.19. The van der Waals surface area contributed by atoms with Crippen molar-refractivity contribution < 1.29 is 4.79 Å². The summed E-state index contributed by atoms with van der Waals surface area (Å²) in [5.41, 5.74) is 2.75. The van der Waals surface area contributed by atoms with Crippen molar-refractivity contribution in [1.82, 2.24) is 24.9 Å². The van der Waals surface area contributed by atoms with E-state index >= 15 is 0 Å². The van der Waals surface area contributed by atoms with E-state index in [1.807, 2.05) is 18.1 Å². The standard InChI is InChI=1S/C15H21N5O/c1-11-9-16-17-13(11)15(2)6-4-7-20(10-15)14(21)12-5-8-19(3)18-12/h5,8-9H,4,6-7,10H2,1-3H3,(H,16,17)/t15-/m0/s1. The molecule has 0 spiro atoms. The van der Waals surface area contributed by atoms with E-state index in [-0.39, 0.29) is 11.3 Å². The van der Waals surface area contributed by atoms with Gasteiger partial charge in [-0.05, 0) is 31.4 Å². The van der Waals surface area contributed by atoms with Gasteiger partial charge in [-0.2, -0.15) is 10.2 Å². The lowest BCUT2D eigenvalue weighted by atomic mass is 9.77. The van der Waals surface area contributed by atoms with Crippen molar-refractivity contribution in [2.45, 2.75) is 32.1 Å². The van der Waals surface area contributed by atoms with Gasteiger partial charge in [0.2, 0.25) is 0 Å². The van der Waals surface area contributed by atoms with Crippen molar-refractivity contribution in [2.75, 3.05) is 13.1 Å². The topological polar surface area (TPSA) is 66.8 Å². The summed E-state index contributed by atoms with van der Waals surface area (Å²) in [5, 5.41) is 11.5. The van der Waals surface area contributed by atoms with E-state index in [1.165, 1.54) is 0 Å². The SMILES string of the molecule is Cc1cn[nH]c1[C@@]1(C)CCCN(C(=O)c2ccn(C)n2)C1. The van der Waals surface area contributed by atoms with E-state index in [9.17, 15) is 4.79 Å². The van der Waals surface area contributed by atoms with E-state index in [0.29, 0.717) is 12.2 Å². The molecule has 0 radical (unpaired) electrons. The Bertz CT molecular complexity index is 659. The first-order valence-electron chi connectivity index (χ1n) is 7.29. The molecular formula is C15H21N5O. The van der Waals surface area contributed by atoms with Crippen LogP contribution in [-0.4, -0.2) is 43.9 Å². The number of amides is 1. The van der Waals surface area contributed by atoms with Crippen LogP contribution in [0.4, 0.5) is 0 Å². The Morgan fingerprint density at radius 2 is 2.29 bits per heavy atom. The van der Waals surface area contributed by atoms with Crippen molar-refractivity contribution in [1.29, 1.82) is 0 Å². The molecule has 1 saturated heterocycles. The Labute approximate surface area is 124 Å². The van der Waals surface area contributed by atoms with Gasteiger partial charge in [-0.15, -0.1) is 0 Å². The van der Waals surface area contributed by atoms with Crippen LogP contribution in [0.5, 0.6) is 0 Å². The van der Waals surface area contributed by atoms with Crippen LogP contribution in [0, 0.1) is 6.92 Å². The van der Waals surface area contributed by atoms with Gasteiger partial charge in [-0.1, -0.05) is 6.92 Å². The number of aromatic amines is 1. The third-order valence-electron chi connectivity index (χ3n) is 4.35. The van der Waals surface area contributed by atoms with Crippen molar-refractivity contribution in [3.05, 3.63) is 35.4 Å². The number of rotatable bonds is 2. The molecule has 112 valence electrons. The fourth-order valence-corrected chi connectivity index (χ4v) is 3.27. The summed E-state index contributed by atoms with van der Waals surface area (Å²) < 4.78 is 1.66. The van der Waals surface area contributed by atoms with Crippen LogP contribution in [0.25, 0.3) is 0 Å². The minimum Gasteiger partial charge on any atom is -0.336 e. The summed E-state index contributed by atoms with van der Waals surface area (Å²) in [6.45, 7) is 5.75. The molecule has 0 saturated carbocycles. The van der Waals surface area contributed by atoms with Gasteiger partial charge < -0.3 is 4.90 Å². The van der Waals surface area contributed by atoms with Crippen LogP contribution in [0.3, 0.4) is 0 Å². The second-order valence-corrected chi connectivity index (χ2v) is 6.19. The Balaban J connectivity index is 1.83. The van der Waals surface area contributed by atoms with Crippen LogP contribution in [0.1, 0.15) is 41.5 Å². The number of aromatic nitrogens is 4. The molecule has 1 atom stereocenters. The summed E-state index contributed by atoms with van der Waals surface area (Å²) in [4.78, 5) is 14.5. The van der Waals surface area contributed by atoms with Crippen LogP contribution in [0.2, 0.25) is 0 Å². The molecule has 2 aromatic heterocycles. The second kappa shape index (κ2) is 5.02. The lowest BCUT2D eigenvalue weighted by Gasteiger charge is -2.40. The highest BCUT2D eigenvalue weighted by atomic mass is 16.2. The molecule has 1 N–H and O–H groups in total. The van der Waals surface area contributed by atoms with Gasteiger partial charge in [0.15, 0.2) is 0 Å². The number of nitrogens with one attached hydrogen (secondary N) is 1. The number of piperidine rings is 1. The number of carbonyl (C=O) groups excluding carboxylic acids is 1. The van der Waals surface area contributed by atoms with Crippen LogP contribution < -0.4 is 0 Å². The maximum Gasteiger partial charge on any atom is 0.274 e. The largest absolute Gasteiger partial charge is 0.336 e. The molecule has 1 amide bonds. The zero-order chi connectivity index (χ0) is 15.0. The highest BCUT2D eigenvalue weighted by Gasteiger charge is 2.37. The van der Waals surface area contributed by atoms with E-state index < -0.39 is 0 Å². The van der Waals surface area contributed by atoms with E-state index in [1.54, 1.807) is 16.9 Å². The quantitative estimate of drug-likeness (QED) is 0.913. The summed E-state index contributed by atoms with van der Waals surface area (Å²) in [5.74, 6) is 0.0127. The molecule has 3 heterocycles. The summed E-state index contributed by atoms with van der Waals surface area (Å²) in [6, 6.07) is 1.77. The van der Waals surface area contributed by atoms with E-state index in [2.05, 4.69) is 29.1 Å². The number of hydrogen-bond acceptors (Lipinski definition) is 3. The molecule has 0 aromatic carbocycles. The molecule has 6 nitrogen and oxygen atoms in total. The van der Waals surface area contributed by atoms with Crippen molar-refractivity contribution >= 4 is 5.91 Å². The lowest BCUT2D eigenvalue weighted by molar-refractivity contribution is 0.0640. The monoisotopic (exact) mass is 287 g/mol. The minimum atomic E-state index is -0.0662. The highest BCUT2D eigenvalue weighted by molar-refractivity contribution is 5.92. The van der Waals surface area contributed by atoms with Gasteiger partial charge in [0, 0.05) is 37.4 Å².